The molecule has 1 saturated heterocycles. The molecule has 1 rings (SSSR count). The topological polar surface area (TPSA) is 37.6 Å². The molecule has 1 radical (unpaired) electrons. The maximum Gasteiger partial charge on any atom is 0.0639 e. The Bertz CT molecular complexity index is 89.6. The number of nitrogens with zero attached hydrogens (tertiary/aromatic N) is 2. The summed E-state index contributed by atoms with van der Waals surface area (Å²) < 4.78 is 0. The van der Waals surface area contributed by atoms with Crippen LogP contribution in [0, 0.1) is 0 Å². The Labute approximate surface area is 62.0 Å². The minimum absolute atomic E-state index is 0.196. The molecular formula is C7H15N2O. The molecule has 1 atom stereocenters. The summed E-state index contributed by atoms with van der Waals surface area (Å²) in [5.74, 6) is 0. The number of rotatable bonds is 2. The summed E-state index contributed by atoms with van der Waals surface area (Å²) in [6.45, 7) is 6.54. The van der Waals surface area contributed by atoms with E-state index >= 15 is 0 Å². The number of aliphatic hydroxyl groups is 1. The van der Waals surface area contributed by atoms with Crippen molar-refractivity contribution in [3.05, 3.63) is 0 Å². The summed E-state index contributed by atoms with van der Waals surface area (Å²) in [6, 6.07) is 0. The third-order valence-corrected chi connectivity index (χ3v) is 1.67. The molecule has 1 N–H and O–H groups in total. The fraction of sp³-hybridized carbons (Fsp3) is 1.00. The lowest BCUT2D eigenvalue weighted by atomic mass is 10.3. The van der Waals surface area contributed by atoms with Gasteiger partial charge in [0.2, 0.25) is 0 Å². The minimum atomic E-state index is -0.196. The molecule has 0 amide bonds. The number of hydrogen-bond acceptors (Lipinski definition) is 2. The van der Waals surface area contributed by atoms with E-state index in [4.69, 9.17) is 5.11 Å². The first-order valence-electron chi connectivity index (χ1n) is 3.82. The first-order valence-corrected chi connectivity index (χ1v) is 3.82. The van der Waals surface area contributed by atoms with Crippen LogP contribution in [0.5, 0.6) is 0 Å². The molecule has 0 unspecified atom stereocenters. The van der Waals surface area contributed by atoms with Crippen molar-refractivity contribution in [1.82, 2.24) is 10.2 Å². The Balaban J connectivity index is 2.13. The molecule has 0 aromatic rings. The first kappa shape index (κ1) is 7.98. The third kappa shape index (κ3) is 2.64. The average Bonchev–Trinajstić information content (AvgIpc) is 1.88. The van der Waals surface area contributed by atoms with Crippen molar-refractivity contribution in [1.29, 1.82) is 0 Å². The van der Waals surface area contributed by atoms with Crippen LogP contribution in [-0.2, 0) is 0 Å². The molecule has 0 bridgehead atoms. The Morgan fingerprint density at radius 1 is 1.50 bits per heavy atom. The van der Waals surface area contributed by atoms with Crippen LogP contribution in [-0.4, -0.2) is 48.8 Å². The van der Waals surface area contributed by atoms with Crippen molar-refractivity contribution >= 4 is 0 Å². The van der Waals surface area contributed by atoms with E-state index in [1.54, 1.807) is 0 Å². The van der Waals surface area contributed by atoms with Crippen LogP contribution in [0.4, 0.5) is 0 Å². The van der Waals surface area contributed by atoms with E-state index < -0.39 is 0 Å². The highest BCUT2D eigenvalue weighted by molar-refractivity contribution is 4.68. The largest absolute Gasteiger partial charge is 0.392 e. The Morgan fingerprint density at radius 3 is 2.60 bits per heavy atom. The molecule has 1 aliphatic heterocycles. The number of hydrogen-bond donors (Lipinski definition) is 1. The Kier molecular flexibility index (Phi) is 3.12. The van der Waals surface area contributed by atoms with Gasteiger partial charge in [-0.05, 0) is 6.92 Å². The molecule has 1 fully saturated rings. The van der Waals surface area contributed by atoms with Gasteiger partial charge in [0.15, 0.2) is 0 Å². The zero-order valence-corrected chi connectivity index (χ0v) is 6.45. The van der Waals surface area contributed by atoms with Crippen LogP contribution in [0.1, 0.15) is 6.92 Å². The predicted octanol–water partition coefficient (Wildman–Crippen LogP) is -0.713. The van der Waals surface area contributed by atoms with E-state index in [0.717, 1.165) is 32.7 Å². The van der Waals surface area contributed by atoms with E-state index in [0.29, 0.717) is 0 Å². The quantitative estimate of drug-likeness (QED) is 0.554. The van der Waals surface area contributed by atoms with Crippen LogP contribution in [0.15, 0.2) is 0 Å². The second-order valence-electron chi connectivity index (χ2n) is 2.82. The highest BCUT2D eigenvalue weighted by atomic mass is 16.3. The van der Waals surface area contributed by atoms with Crippen LogP contribution in [0.2, 0.25) is 0 Å². The smallest absolute Gasteiger partial charge is 0.0639 e. The van der Waals surface area contributed by atoms with Crippen LogP contribution < -0.4 is 5.32 Å². The van der Waals surface area contributed by atoms with Gasteiger partial charge < -0.3 is 5.11 Å². The zero-order valence-electron chi connectivity index (χ0n) is 6.45. The van der Waals surface area contributed by atoms with Gasteiger partial charge in [-0.2, -0.15) is 0 Å². The predicted molar refractivity (Wildman–Crippen MR) is 40.0 cm³/mol. The van der Waals surface area contributed by atoms with Gasteiger partial charge in [0, 0.05) is 32.7 Å². The molecule has 3 heteroatoms. The zero-order chi connectivity index (χ0) is 7.40. The Hall–Kier alpha value is -0.120. The van der Waals surface area contributed by atoms with Crippen molar-refractivity contribution < 1.29 is 5.11 Å². The van der Waals surface area contributed by atoms with E-state index in [-0.39, 0.29) is 6.10 Å². The fourth-order valence-electron chi connectivity index (χ4n) is 1.20. The summed E-state index contributed by atoms with van der Waals surface area (Å²) in [6.07, 6.45) is -0.196. The molecule has 1 aliphatic rings. The maximum atomic E-state index is 9.03. The van der Waals surface area contributed by atoms with Gasteiger partial charge in [0.25, 0.3) is 0 Å². The van der Waals surface area contributed by atoms with Crippen LogP contribution in [0.3, 0.4) is 0 Å². The molecule has 0 spiro atoms. The van der Waals surface area contributed by atoms with E-state index in [9.17, 15) is 0 Å². The summed E-state index contributed by atoms with van der Waals surface area (Å²) in [5, 5.41) is 13.2. The summed E-state index contributed by atoms with van der Waals surface area (Å²) in [7, 11) is 0. The van der Waals surface area contributed by atoms with Gasteiger partial charge in [0.05, 0.1) is 6.10 Å². The lowest BCUT2D eigenvalue weighted by molar-refractivity contribution is 0.118. The van der Waals surface area contributed by atoms with Crippen LogP contribution in [0.25, 0.3) is 0 Å². The molecule has 0 aliphatic carbocycles. The molecule has 3 nitrogen and oxygen atoms in total. The third-order valence-electron chi connectivity index (χ3n) is 1.67. The highest BCUT2D eigenvalue weighted by Gasteiger charge is 2.11. The van der Waals surface area contributed by atoms with E-state index in [2.05, 4.69) is 10.2 Å². The standard InChI is InChI=1S/C7H15N2O/c1-7(10)6-9-4-2-8-3-5-9/h7,10H,2-6H2,1H3/t7-/m1/s1. The second-order valence-corrected chi connectivity index (χ2v) is 2.82. The van der Waals surface area contributed by atoms with Crippen molar-refractivity contribution in [3.63, 3.8) is 0 Å². The van der Waals surface area contributed by atoms with Crippen molar-refractivity contribution in [2.45, 2.75) is 13.0 Å². The second kappa shape index (κ2) is 3.91. The van der Waals surface area contributed by atoms with Gasteiger partial charge in [0.1, 0.15) is 0 Å². The van der Waals surface area contributed by atoms with Gasteiger partial charge in [-0.1, -0.05) is 0 Å². The normalized spacial score (nSPS) is 24.6. The van der Waals surface area contributed by atoms with E-state index in [1.165, 1.54) is 0 Å². The van der Waals surface area contributed by atoms with Crippen molar-refractivity contribution in [2.24, 2.45) is 0 Å². The fourth-order valence-corrected chi connectivity index (χ4v) is 1.20. The molecule has 0 aromatic carbocycles. The molecule has 10 heavy (non-hydrogen) atoms. The van der Waals surface area contributed by atoms with E-state index in [1.807, 2.05) is 6.92 Å². The maximum absolute atomic E-state index is 9.03. The van der Waals surface area contributed by atoms with Crippen molar-refractivity contribution in [3.8, 4) is 0 Å². The van der Waals surface area contributed by atoms with Crippen LogP contribution >= 0.6 is 0 Å². The van der Waals surface area contributed by atoms with Gasteiger partial charge in [-0.3, -0.25) is 4.90 Å². The van der Waals surface area contributed by atoms with Gasteiger partial charge in [-0.25, -0.2) is 5.32 Å². The molecule has 59 valence electrons. The highest BCUT2D eigenvalue weighted by Crippen LogP contribution is 1.94. The molecule has 0 saturated carbocycles. The summed E-state index contributed by atoms with van der Waals surface area (Å²) >= 11 is 0. The molecule has 0 aromatic heterocycles. The SMILES string of the molecule is C[C@@H](O)CN1CC[N]CC1. The monoisotopic (exact) mass is 143 g/mol. The Morgan fingerprint density at radius 2 is 2.10 bits per heavy atom. The van der Waals surface area contributed by atoms with Gasteiger partial charge in [-0.15, -0.1) is 0 Å². The van der Waals surface area contributed by atoms with Gasteiger partial charge >= 0.3 is 0 Å². The summed E-state index contributed by atoms with van der Waals surface area (Å²) in [5.41, 5.74) is 0. The molecular weight excluding hydrogens is 128 g/mol. The minimum Gasteiger partial charge on any atom is -0.392 e. The lowest BCUT2D eigenvalue weighted by Crippen LogP contribution is -2.43. The summed E-state index contributed by atoms with van der Waals surface area (Å²) in [4.78, 5) is 2.25. The van der Waals surface area contributed by atoms with Crippen molar-refractivity contribution in [2.75, 3.05) is 32.7 Å². The average molecular weight is 143 g/mol. The first-order chi connectivity index (χ1) is 4.79. The number of β-amino-alcohol motifs (C(OH)–C–C–N with tert-alkyl or cyclic N) is 1. The lowest BCUT2D eigenvalue weighted by Gasteiger charge is -2.26. The number of aliphatic hydroxyl groups excluding tert-OH is 1. The molecule has 1 heterocycles. The number of piperazine rings is 1.